The molecule has 1 aromatic rings. The minimum Gasteiger partial charge on any atom is -0.465 e. The number of carbonyl (C=O) groups is 2. The molecule has 0 aromatic heterocycles. The van der Waals surface area contributed by atoms with Crippen LogP contribution in [0, 0.1) is 22.7 Å². The van der Waals surface area contributed by atoms with E-state index in [-0.39, 0.29) is 29.1 Å². The quantitative estimate of drug-likeness (QED) is 0.531. The number of anilines is 1. The van der Waals surface area contributed by atoms with E-state index in [1.165, 1.54) is 7.11 Å². The second-order valence-corrected chi connectivity index (χ2v) is 8.15. The van der Waals surface area contributed by atoms with E-state index in [4.69, 9.17) is 9.47 Å². The van der Waals surface area contributed by atoms with Gasteiger partial charge in [0.2, 0.25) is 0 Å². The van der Waals surface area contributed by atoms with Gasteiger partial charge < -0.3 is 14.4 Å². The first kappa shape index (κ1) is 21.1. The maximum absolute atomic E-state index is 12.4. The molecule has 2 aliphatic rings. The molecule has 0 bridgehead atoms. The number of rotatable bonds is 8. The third-order valence-corrected chi connectivity index (χ3v) is 5.98. The summed E-state index contributed by atoms with van der Waals surface area (Å²) in [5.74, 6) is -0.733. The van der Waals surface area contributed by atoms with E-state index in [1.807, 2.05) is 13.0 Å². The lowest BCUT2D eigenvalue weighted by Gasteiger charge is -2.60. The molecule has 2 heterocycles. The molecule has 2 aliphatic heterocycles. The Morgan fingerprint density at radius 1 is 1.38 bits per heavy atom. The molecular weight excluding hydrogens is 370 g/mol. The van der Waals surface area contributed by atoms with E-state index < -0.39 is 5.97 Å². The van der Waals surface area contributed by atoms with Gasteiger partial charge in [-0.05, 0) is 24.6 Å². The molecule has 2 fully saturated rings. The van der Waals surface area contributed by atoms with Gasteiger partial charge in [-0.1, -0.05) is 33.1 Å². The van der Waals surface area contributed by atoms with E-state index in [0.717, 1.165) is 51.0 Å². The summed E-state index contributed by atoms with van der Waals surface area (Å²) in [4.78, 5) is 26.3. The summed E-state index contributed by atoms with van der Waals surface area (Å²) < 4.78 is 10.5. The summed E-state index contributed by atoms with van der Waals surface area (Å²) in [6.07, 6.45) is 3.93. The van der Waals surface area contributed by atoms with Gasteiger partial charge in [0.1, 0.15) is 6.07 Å². The topological polar surface area (TPSA) is 91.7 Å². The number of nitriles is 1. The molecule has 1 spiro atoms. The number of nitrogens with zero attached hydrogens (tertiary/aromatic N) is 2. The first-order valence-electron chi connectivity index (χ1n) is 10.3. The second kappa shape index (κ2) is 8.83. The van der Waals surface area contributed by atoms with Crippen LogP contribution in [0.2, 0.25) is 0 Å². The number of esters is 2. The van der Waals surface area contributed by atoms with Crippen molar-refractivity contribution < 1.29 is 19.1 Å². The van der Waals surface area contributed by atoms with E-state index in [0.29, 0.717) is 5.56 Å². The average molecular weight is 399 g/mol. The first-order valence-corrected chi connectivity index (χ1v) is 10.3. The fourth-order valence-electron chi connectivity index (χ4n) is 3.97. The zero-order valence-electron chi connectivity index (χ0n) is 17.4. The number of ether oxygens (including phenoxy) is 2. The maximum Gasteiger partial charge on any atom is 0.339 e. The van der Waals surface area contributed by atoms with Crippen LogP contribution in [0.1, 0.15) is 55.5 Å². The van der Waals surface area contributed by atoms with Crippen molar-refractivity contribution in [2.45, 2.75) is 45.8 Å². The summed E-state index contributed by atoms with van der Waals surface area (Å²) in [6.45, 7) is 6.37. The van der Waals surface area contributed by atoms with Crippen LogP contribution in [-0.2, 0) is 14.3 Å². The lowest BCUT2D eigenvalue weighted by Crippen LogP contribution is -2.77. The molecule has 0 amide bonds. The molecule has 2 unspecified atom stereocenters. The summed E-state index contributed by atoms with van der Waals surface area (Å²) in [7, 11) is 1.30. The first-order chi connectivity index (χ1) is 13.9. The Morgan fingerprint density at radius 3 is 2.72 bits per heavy atom. The highest BCUT2D eigenvalue weighted by Gasteiger charge is 2.57. The Morgan fingerprint density at radius 2 is 2.14 bits per heavy atom. The molecule has 1 N–H and O–H groups in total. The predicted octanol–water partition coefficient (Wildman–Crippen LogP) is 2.84. The molecular formula is C22H29N3O4. The van der Waals surface area contributed by atoms with Crippen LogP contribution in [0.15, 0.2) is 18.2 Å². The molecule has 0 radical (unpaired) electrons. The number of carbonyl (C=O) groups excluding carboxylic acids is 2. The smallest absolute Gasteiger partial charge is 0.339 e. The van der Waals surface area contributed by atoms with Gasteiger partial charge in [-0.15, -0.1) is 0 Å². The number of benzene rings is 1. The van der Waals surface area contributed by atoms with E-state index in [1.54, 1.807) is 12.1 Å². The fourth-order valence-corrected chi connectivity index (χ4v) is 3.97. The Hall–Kier alpha value is -2.59. The third kappa shape index (κ3) is 4.23. The summed E-state index contributed by atoms with van der Waals surface area (Å²) in [5, 5.41) is 12.6. The van der Waals surface area contributed by atoms with Gasteiger partial charge in [0, 0.05) is 25.3 Å². The minimum atomic E-state index is -0.517. The molecule has 3 rings (SSSR count). The Labute approximate surface area is 172 Å². The summed E-state index contributed by atoms with van der Waals surface area (Å²) >= 11 is 0. The molecule has 156 valence electrons. The third-order valence-electron chi connectivity index (χ3n) is 5.98. The number of hydrogen-bond donors (Lipinski definition) is 1. The van der Waals surface area contributed by atoms with E-state index >= 15 is 0 Å². The molecule has 1 aromatic carbocycles. The highest BCUT2D eigenvalue weighted by atomic mass is 16.6. The molecule has 2 atom stereocenters. The van der Waals surface area contributed by atoms with Crippen molar-refractivity contribution in [1.29, 1.82) is 5.26 Å². The molecule has 0 saturated carbocycles. The number of nitrogens with one attached hydrogen (secondary N) is 1. The van der Waals surface area contributed by atoms with Crippen molar-refractivity contribution in [2.75, 3.05) is 31.6 Å². The standard InChI is InChI=1S/C22H29N3O4/c1-4-5-6-7-15(2)19(26)29-21-22(12-24-21)13-25(14-22)17-8-9-18(20(27)28-3)16(10-17)11-23/h8-10,15,21,24H,4-7,12-14H2,1-3H3. The normalized spacial score (nSPS) is 20.2. The maximum atomic E-state index is 12.4. The average Bonchev–Trinajstić information content (AvgIpc) is 2.69. The Balaban J connectivity index is 1.57. The van der Waals surface area contributed by atoms with Gasteiger partial charge in [0.05, 0.1) is 29.6 Å². The molecule has 7 nitrogen and oxygen atoms in total. The largest absolute Gasteiger partial charge is 0.465 e. The Bertz CT molecular complexity index is 811. The van der Waals surface area contributed by atoms with Crippen LogP contribution in [0.3, 0.4) is 0 Å². The SMILES string of the molecule is CCCCCC(C)C(=O)OC1NCC12CN(c1ccc(C(=O)OC)c(C#N)c1)C2. The van der Waals surface area contributed by atoms with Crippen LogP contribution >= 0.6 is 0 Å². The van der Waals surface area contributed by atoms with Crippen LogP contribution < -0.4 is 10.2 Å². The van der Waals surface area contributed by atoms with Crippen molar-refractivity contribution in [3.8, 4) is 6.07 Å². The van der Waals surface area contributed by atoms with E-state index in [2.05, 4.69) is 23.2 Å². The molecule has 29 heavy (non-hydrogen) atoms. The minimum absolute atomic E-state index is 0.0768. The van der Waals surface area contributed by atoms with Gasteiger partial charge in [-0.25, -0.2) is 4.79 Å². The fraction of sp³-hybridized carbons (Fsp3) is 0.591. The molecule has 2 saturated heterocycles. The van der Waals surface area contributed by atoms with Gasteiger partial charge >= 0.3 is 11.9 Å². The summed E-state index contributed by atoms with van der Waals surface area (Å²) in [5.41, 5.74) is 1.37. The van der Waals surface area contributed by atoms with Gasteiger partial charge in [0.25, 0.3) is 0 Å². The van der Waals surface area contributed by atoms with Crippen molar-refractivity contribution in [1.82, 2.24) is 5.32 Å². The van der Waals surface area contributed by atoms with Crippen LogP contribution in [0.5, 0.6) is 0 Å². The molecule has 7 heteroatoms. The molecule has 0 aliphatic carbocycles. The summed E-state index contributed by atoms with van der Waals surface area (Å²) in [6, 6.07) is 7.22. The zero-order valence-corrected chi connectivity index (χ0v) is 17.4. The predicted molar refractivity (Wildman–Crippen MR) is 108 cm³/mol. The van der Waals surface area contributed by atoms with Crippen LogP contribution in [0.25, 0.3) is 0 Å². The van der Waals surface area contributed by atoms with Crippen molar-refractivity contribution in [3.05, 3.63) is 29.3 Å². The van der Waals surface area contributed by atoms with Gasteiger partial charge in [-0.2, -0.15) is 5.26 Å². The van der Waals surface area contributed by atoms with Crippen LogP contribution in [-0.4, -0.2) is 44.9 Å². The number of hydrogen-bond acceptors (Lipinski definition) is 7. The highest BCUT2D eigenvalue weighted by Crippen LogP contribution is 2.43. The monoisotopic (exact) mass is 399 g/mol. The number of unbranched alkanes of at least 4 members (excludes halogenated alkanes) is 2. The number of methoxy groups -OCH3 is 1. The highest BCUT2D eigenvalue weighted by molar-refractivity contribution is 5.92. The zero-order chi connectivity index (χ0) is 21.0. The second-order valence-electron chi connectivity index (χ2n) is 8.15. The van der Waals surface area contributed by atoms with Gasteiger partial charge in [-0.3, -0.25) is 10.1 Å². The van der Waals surface area contributed by atoms with Crippen molar-refractivity contribution in [2.24, 2.45) is 11.3 Å². The lowest BCUT2D eigenvalue weighted by molar-refractivity contribution is -0.180. The Kier molecular flexibility index (Phi) is 6.43. The lowest BCUT2D eigenvalue weighted by atomic mass is 9.72. The van der Waals surface area contributed by atoms with Crippen LogP contribution in [0.4, 0.5) is 5.69 Å². The van der Waals surface area contributed by atoms with Crippen molar-refractivity contribution >= 4 is 17.6 Å². The van der Waals surface area contributed by atoms with E-state index in [9.17, 15) is 14.9 Å². The van der Waals surface area contributed by atoms with Gasteiger partial charge in [0.15, 0.2) is 6.23 Å². The van der Waals surface area contributed by atoms with Crippen molar-refractivity contribution in [3.63, 3.8) is 0 Å².